The quantitative estimate of drug-likeness (QED) is 0.565. The van der Waals surface area contributed by atoms with Gasteiger partial charge in [0.25, 0.3) is 0 Å². The number of anilines is 1. The van der Waals surface area contributed by atoms with Crippen molar-refractivity contribution < 1.29 is 9.53 Å². The van der Waals surface area contributed by atoms with Gasteiger partial charge in [-0.15, -0.1) is 11.3 Å². The number of ether oxygens (including phenoxy) is 1. The van der Waals surface area contributed by atoms with Crippen LogP contribution < -0.4 is 5.73 Å². The Kier molecular flexibility index (Phi) is 7.05. The standard InChI is InChI=1S/C23H26ClN5O2S/c1-15(31-2)21-23(30)29(11-10-28(21)9-3-4-17-6-8-20(24)32-17)13-16-5-7-18-19(12-16)26-14-27-22(18)25/h3-8,12,14-15,21H,9-11,13H2,1-2H3,(H2,25,26,27)/b4-3+/t15-,21?/m1/s1. The number of hydrogen-bond acceptors (Lipinski definition) is 7. The first-order chi connectivity index (χ1) is 15.5. The second-order valence-corrected chi connectivity index (χ2v) is 9.54. The van der Waals surface area contributed by atoms with Gasteiger partial charge in [-0.1, -0.05) is 23.7 Å². The van der Waals surface area contributed by atoms with Gasteiger partial charge in [-0.3, -0.25) is 9.69 Å². The zero-order valence-corrected chi connectivity index (χ0v) is 19.6. The minimum Gasteiger partial charge on any atom is -0.383 e. The SMILES string of the molecule is CO[C@H](C)C1C(=O)N(Cc2ccc3c(N)ncnc3c2)CCN1C/C=C/c1ccc(Cl)s1. The van der Waals surface area contributed by atoms with Gasteiger partial charge in [-0.2, -0.15) is 0 Å². The van der Waals surface area contributed by atoms with Crippen molar-refractivity contribution in [3.63, 3.8) is 0 Å². The minimum atomic E-state index is -0.344. The monoisotopic (exact) mass is 471 g/mol. The maximum absolute atomic E-state index is 13.4. The van der Waals surface area contributed by atoms with Gasteiger partial charge in [-0.05, 0) is 42.8 Å². The van der Waals surface area contributed by atoms with Crippen LogP contribution in [0.3, 0.4) is 0 Å². The number of rotatable bonds is 7. The highest BCUT2D eigenvalue weighted by molar-refractivity contribution is 7.16. The lowest BCUT2D eigenvalue weighted by Crippen LogP contribution is -2.60. The Labute approximate surface area is 196 Å². The molecule has 1 aromatic carbocycles. The second-order valence-electron chi connectivity index (χ2n) is 7.80. The summed E-state index contributed by atoms with van der Waals surface area (Å²) in [6, 6.07) is 9.39. The topological polar surface area (TPSA) is 84.6 Å². The van der Waals surface area contributed by atoms with Gasteiger partial charge < -0.3 is 15.4 Å². The van der Waals surface area contributed by atoms with Gasteiger partial charge in [0.2, 0.25) is 5.91 Å². The van der Waals surface area contributed by atoms with Crippen LogP contribution >= 0.6 is 22.9 Å². The smallest absolute Gasteiger partial charge is 0.242 e. The lowest BCUT2D eigenvalue weighted by atomic mass is 10.0. The van der Waals surface area contributed by atoms with E-state index in [1.165, 1.54) is 17.7 Å². The number of piperazine rings is 1. The molecule has 4 rings (SSSR count). The van der Waals surface area contributed by atoms with E-state index in [0.29, 0.717) is 25.5 Å². The number of methoxy groups -OCH3 is 1. The van der Waals surface area contributed by atoms with E-state index < -0.39 is 0 Å². The number of carbonyl (C=O) groups excluding carboxylic acids is 1. The summed E-state index contributed by atoms with van der Waals surface area (Å²) in [5.41, 5.74) is 7.72. The van der Waals surface area contributed by atoms with E-state index in [-0.39, 0.29) is 18.1 Å². The number of halogens is 1. The third kappa shape index (κ3) is 4.94. The zero-order valence-electron chi connectivity index (χ0n) is 18.1. The van der Waals surface area contributed by atoms with Gasteiger partial charge >= 0.3 is 0 Å². The number of nitrogens with zero attached hydrogens (tertiary/aromatic N) is 4. The fourth-order valence-corrected chi connectivity index (χ4v) is 4.99. The van der Waals surface area contributed by atoms with Crippen LogP contribution in [0.25, 0.3) is 17.0 Å². The molecule has 0 radical (unpaired) electrons. The van der Waals surface area contributed by atoms with Crippen LogP contribution in [0.1, 0.15) is 17.4 Å². The van der Waals surface area contributed by atoms with E-state index in [0.717, 1.165) is 32.2 Å². The van der Waals surface area contributed by atoms with Crippen molar-refractivity contribution in [1.29, 1.82) is 0 Å². The van der Waals surface area contributed by atoms with Crippen molar-refractivity contribution in [3.8, 4) is 0 Å². The number of aromatic nitrogens is 2. The van der Waals surface area contributed by atoms with Crippen LogP contribution in [0.15, 0.2) is 42.7 Å². The first-order valence-corrected chi connectivity index (χ1v) is 11.6. The normalized spacial score (nSPS) is 18.7. The van der Waals surface area contributed by atoms with Crippen LogP contribution in [-0.4, -0.2) is 64.6 Å². The Bertz CT molecular complexity index is 1130. The average molecular weight is 472 g/mol. The molecule has 2 aromatic heterocycles. The number of nitrogens with two attached hydrogens (primary N) is 1. The summed E-state index contributed by atoms with van der Waals surface area (Å²) in [7, 11) is 1.64. The third-order valence-corrected chi connectivity index (χ3v) is 6.95. The Morgan fingerprint density at radius 3 is 2.91 bits per heavy atom. The van der Waals surface area contributed by atoms with Crippen molar-refractivity contribution in [2.75, 3.05) is 32.5 Å². The van der Waals surface area contributed by atoms with Crippen LogP contribution in [0.4, 0.5) is 5.82 Å². The molecule has 0 bridgehead atoms. The second kappa shape index (κ2) is 9.95. The van der Waals surface area contributed by atoms with Crippen molar-refractivity contribution in [3.05, 3.63) is 57.5 Å². The number of carbonyl (C=O) groups is 1. The molecule has 32 heavy (non-hydrogen) atoms. The fourth-order valence-electron chi connectivity index (χ4n) is 3.99. The summed E-state index contributed by atoms with van der Waals surface area (Å²) in [6.45, 7) is 4.54. The van der Waals surface area contributed by atoms with Crippen LogP contribution in [0.5, 0.6) is 0 Å². The minimum absolute atomic E-state index is 0.0699. The average Bonchev–Trinajstić information content (AvgIpc) is 3.20. The van der Waals surface area contributed by atoms with E-state index in [4.69, 9.17) is 22.1 Å². The molecule has 1 saturated heterocycles. The maximum Gasteiger partial charge on any atom is 0.242 e. The summed E-state index contributed by atoms with van der Waals surface area (Å²) in [5, 5.41) is 0.817. The number of nitrogen functional groups attached to an aromatic ring is 1. The maximum atomic E-state index is 13.4. The lowest BCUT2D eigenvalue weighted by molar-refractivity contribution is -0.148. The number of thiophene rings is 1. The third-order valence-electron chi connectivity index (χ3n) is 5.75. The Morgan fingerprint density at radius 1 is 1.31 bits per heavy atom. The summed E-state index contributed by atoms with van der Waals surface area (Å²) in [5.74, 6) is 0.526. The summed E-state index contributed by atoms with van der Waals surface area (Å²) in [4.78, 5) is 26.9. The van der Waals surface area contributed by atoms with E-state index >= 15 is 0 Å². The molecule has 0 spiro atoms. The van der Waals surface area contributed by atoms with Gasteiger partial charge in [0.05, 0.1) is 16.0 Å². The zero-order chi connectivity index (χ0) is 22.7. The molecule has 168 valence electrons. The number of fused-ring (bicyclic) bond motifs is 1. The van der Waals surface area contributed by atoms with Crippen molar-refractivity contribution in [2.24, 2.45) is 0 Å². The summed E-state index contributed by atoms with van der Waals surface area (Å²) < 4.78 is 6.33. The highest BCUT2D eigenvalue weighted by atomic mass is 35.5. The summed E-state index contributed by atoms with van der Waals surface area (Å²) >= 11 is 7.54. The Balaban J connectivity index is 1.47. The van der Waals surface area contributed by atoms with Crippen molar-refractivity contribution in [2.45, 2.75) is 25.6 Å². The molecule has 1 fully saturated rings. The van der Waals surface area contributed by atoms with E-state index in [1.807, 2.05) is 48.2 Å². The van der Waals surface area contributed by atoms with Gasteiger partial charge in [0.1, 0.15) is 18.2 Å². The molecule has 7 nitrogen and oxygen atoms in total. The number of benzene rings is 1. The highest BCUT2D eigenvalue weighted by Gasteiger charge is 2.38. The van der Waals surface area contributed by atoms with Gasteiger partial charge in [-0.25, -0.2) is 9.97 Å². The largest absolute Gasteiger partial charge is 0.383 e. The molecule has 2 atom stereocenters. The first-order valence-electron chi connectivity index (χ1n) is 10.4. The van der Waals surface area contributed by atoms with Crippen molar-refractivity contribution >= 4 is 51.6 Å². The van der Waals surface area contributed by atoms with Crippen LogP contribution in [-0.2, 0) is 16.1 Å². The number of amides is 1. The first kappa shape index (κ1) is 22.7. The molecule has 3 aromatic rings. The van der Waals surface area contributed by atoms with E-state index in [2.05, 4.69) is 20.9 Å². The molecule has 1 aliphatic rings. The molecular weight excluding hydrogens is 446 g/mol. The van der Waals surface area contributed by atoms with E-state index in [9.17, 15) is 4.79 Å². The molecule has 3 heterocycles. The molecule has 1 aliphatic heterocycles. The molecule has 0 aliphatic carbocycles. The van der Waals surface area contributed by atoms with Gasteiger partial charge in [0.15, 0.2) is 0 Å². The number of hydrogen-bond donors (Lipinski definition) is 1. The molecule has 1 amide bonds. The fraction of sp³-hybridized carbons (Fsp3) is 0.348. The summed E-state index contributed by atoms with van der Waals surface area (Å²) in [6.07, 6.45) is 5.36. The van der Waals surface area contributed by atoms with Crippen LogP contribution in [0, 0.1) is 0 Å². The van der Waals surface area contributed by atoms with Gasteiger partial charge in [0, 0.05) is 43.6 Å². The Hall–Kier alpha value is -2.52. The molecule has 0 saturated carbocycles. The molecule has 1 unspecified atom stereocenters. The predicted molar refractivity (Wildman–Crippen MR) is 130 cm³/mol. The van der Waals surface area contributed by atoms with Crippen LogP contribution in [0.2, 0.25) is 4.34 Å². The highest BCUT2D eigenvalue weighted by Crippen LogP contribution is 2.24. The predicted octanol–water partition coefficient (Wildman–Crippen LogP) is 3.69. The molecule has 9 heteroatoms. The molecule has 2 N–H and O–H groups in total. The Morgan fingerprint density at radius 2 is 2.16 bits per heavy atom. The molecular formula is C23H26ClN5O2S. The van der Waals surface area contributed by atoms with E-state index in [1.54, 1.807) is 7.11 Å². The lowest BCUT2D eigenvalue weighted by Gasteiger charge is -2.42. The van der Waals surface area contributed by atoms with Crippen molar-refractivity contribution in [1.82, 2.24) is 19.8 Å².